The molecule has 1 aromatic carbocycles. The third-order valence-corrected chi connectivity index (χ3v) is 5.60. The van der Waals surface area contributed by atoms with Crippen LogP contribution >= 0.6 is 0 Å². The van der Waals surface area contributed by atoms with Gasteiger partial charge in [-0.15, -0.1) is 0 Å². The molecule has 0 atom stereocenters. The summed E-state index contributed by atoms with van der Waals surface area (Å²) in [7, 11) is 0. The first-order chi connectivity index (χ1) is 13.8. The number of unbranched alkanes of at least 4 members (excludes halogenated alkanes) is 2. The average molecular weight is 380 g/mol. The van der Waals surface area contributed by atoms with Crippen LogP contribution in [0, 0.1) is 0 Å². The molecule has 1 saturated heterocycles. The van der Waals surface area contributed by atoms with Gasteiger partial charge >= 0.3 is 5.69 Å². The molecular weight excluding hydrogens is 350 g/mol. The van der Waals surface area contributed by atoms with Crippen molar-refractivity contribution in [2.45, 2.75) is 32.2 Å². The van der Waals surface area contributed by atoms with E-state index < -0.39 is 0 Å². The van der Waals surface area contributed by atoms with E-state index in [0.29, 0.717) is 0 Å². The number of para-hydroxylation sites is 2. The lowest BCUT2D eigenvalue weighted by Gasteiger charge is -2.22. The van der Waals surface area contributed by atoms with Crippen molar-refractivity contribution in [2.24, 2.45) is 0 Å². The number of H-pyrrole nitrogens is 1. The highest BCUT2D eigenvalue weighted by Gasteiger charge is 2.15. The molecule has 0 amide bonds. The molecule has 0 spiro atoms. The van der Waals surface area contributed by atoms with Crippen LogP contribution in [-0.2, 0) is 6.54 Å². The Morgan fingerprint density at radius 1 is 0.893 bits per heavy atom. The van der Waals surface area contributed by atoms with Crippen molar-refractivity contribution in [2.75, 3.05) is 37.6 Å². The third-order valence-electron chi connectivity index (χ3n) is 5.60. The molecule has 6 nitrogen and oxygen atoms in total. The van der Waals surface area contributed by atoms with Gasteiger partial charge in [0.25, 0.3) is 0 Å². The van der Waals surface area contributed by atoms with Crippen LogP contribution in [0.2, 0.25) is 0 Å². The van der Waals surface area contributed by atoms with Crippen LogP contribution in [0.1, 0.15) is 25.7 Å². The second-order valence-corrected chi connectivity index (χ2v) is 7.53. The van der Waals surface area contributed by atoms with Gasteiger partial charge < -0.3 is 14.8 Å². The molecule has 1 N–H and O–H groups in total. The second-order valence-electron chi connectivity index (χ2n) is 7.53. The molecule has 6 heteroatoms. The summed E-state index contributed by atoms with van der Waals surface area (Å²) in [4.78, 5) is 24.5. The van der Waals surface area contributed by atoms with E-state index in [0.717, 1.165) is 69.0 Å². The van der Waals surface area contributed by atoms with Crippen molar-refractivity contribution in [1.82, 2.24) is 19.4 Å². The Kier molecular flexibility index (Phi) is 6.07. The minimum Gasteiger partial charge on any atom is -0.355 e. The highest BCUT2D eigenvalue weighted by Crippen LogP contribution is 2.14. The fourth-order valence-electron chi connectivity index (χ4n) is 4.08. The highest BCUT2D eigenvalue weighted by molar-refractivity contribution is 5.74. The van der Waals surface area contributed by atoms with Gasteiger partial charge in [0.1, 0.15) is 5.82 Å². The van der Waals surface area contributed by atoms with E-state index in [1.165, 1.54) is 12.8 Å². The predicted octanol–water partition coefficient (Wildman–Crippen LogP) is 3.11. The molecule has 0 aliphatic carbocycles. The number of imidazole rings is 1. The van der Waals surface area contributed by atoms with Crippen LogP contribution in [-0.4, -0.2) is 52.2 Å². The Labute approximate surface area is 165 Å². The van der Waals surface area contributed by atoms with E-state index in [-0.39, 0.29) is 5.69 Å². The number of rotatable bonds is 7. The Bertz CT molecular complexity index is 933. The van der Waals surface area contributed by atoms with E-state index in [4.69, 9.17) is 0 Å². The topological polar surface area (TPSA) is 57.2 Å². The summed E-state index contributed by atoms with van der Waals surface area (Å²) in [6.07, 6.45) is 6.42. The SMILES string of the molecule is O=c1[nH]c2ccccc2n1CCCCCN1CCCN(c2ccccn2)CC1. The summed E-state index contributed by atoms with van der Waals surface area (Å²) in [6.45, 7) is 6.30. The maximum absolute atomic E-state index is 12.1. The number of hydrogen-bond donors (Lipinski definition) is 1. The Hall–Kier alpha value is -2.60. The number of anilines is 1. The van der Waals surface area contributed by atoms with Crippen LogP contribution in [0.25, 0.3) is 11.0 Å². The van der Waals surface area contributed by atoms with E-state index in [9.17, 15) is 4.79 Å². The summed E-state index contributed by atoms with van der Waals surface area (Å²) in [5.41, 5.74) is 1.94. The zero-order valence-electron chi connectivity index (χ0n) is 16.4. The predicted molar refractivity (Wildman–Crippen MR) is 114 cm³/mol. The van der Waals surface area contributed by atoms with Gasteiger partial charge in [0.2, 0.25) is 0 Å². The summed E-state index contributed by atoms with van der Waals surface area (Å²) in [6, 6.07) is 14.0. The van der Waals surface area contributed by atoms with Gasteiger partial charge in [-0.05, 0) is 56.6 Å². The first-order valence-corrected chi connectivity index (χ1v) is 10.4. The maximum Gasteiger partial charge on any atom is 0.326 e. The quantitative estimate of drug-likeness (QED) is 0.641. The average Bonchev–Trinajstić information content (AvgIpc) is 2.89. The molecule has 1 aliphatic heterocycles. The zero-order valence-corrected chi connectivity index (χ0v) is 16.4. The second kappa shape index (κ2) is 9.06. The number of aromatic amines is 1. The van der Waals surface area contributed by atoms with E-state index in [1.807, 2.05) is 41.1 Å². The number of pyridine rings is 1. The third kappa shape index (κ3) is 4.44. The van der Waals surface area contributed by atoms with Crippen LogP contribution in [0.5, 0.6) is 0 Å². The lowest BCUT2D eigenvalue weighted by Crippen LogP contribution is -2.31. The number of fused-ring (bicyclic) bond motifs is 1. The first kappa shape index (κ1) is 18.7. The van der Waals surface area contributed by atoms with Gasteiger partial charge in [0.05, 0.1) is 11.0 Å². The molecule has 0 saturated carbocycles. The monoisotopic (exact) mass is 379 g/mol. The van der Waals surface area contributed by atoms with Crippen molar-refractivity contribution >= 4 is 16.9 Å². The van der Waals surface area contributed by atoms with Gasteiger partial charge in [-0.1, -0.05) is 24.6 Å². The summed E-state index contributed by atoms with van der Waals surface area (Å²) in [5, 5.41) is 0. The standard InChI is InChI=1S/C22H29N5O/c28-22-24-19-9-2-3-10-20(19)27(22)16-7-1-6-13-25-14-8-15-26(18-17-25)21-11-4-5-12-23-21/h2-5,9-12H,1,6-8,13-18H2,(H,24,28). The normalized spacial score (nSPS) is 15.8. The van der Waals surface area contributed by atoms with E-state index in [2.05, 4.69) is 31.9 Å². The van der Waals surface area contributed by atoms with E-state index >= 15 is 0 Å². The van der Waals surface area contributed by atoms with Crippen LogP contribution in [0.3, 0.4) is 0 Å². The van der Waals surface area contributed by atoms with Crippen LogP contribution in [0.4, 0.5) is 5.82 Å². The lowest BCUT2D eigenvalue weighted by atomic mass is 10.2. The van der Waals surface area contributed by atoms with Crippen molar-refractivity contribution in [3.05, 3.63) is 59.1 Å². The molecule has 4 rings (SSSR count). The molecule has 148 valence electrons. The van der Waals surface area contributed by atoms with Gasteiger partial charge in [-0.2, -0.15) is 0 Å². The summed E-state index contributed by atoms with van der Waals surface area (Å²) < 4.78 is 1.87. The van der Waals surface area contributed by atoms with Gasteiger partial charge in [0.15, 0.2) is 0 Å². The molecule has 0 bridgehead atoms. The smallest absolute Gasteiger partial charge is 0.326 e. The molecule has 28 heavy (non-hydrogen) atoms. The molecule has 0 unspecified atom stereocenters. The summed E-state index contributed by atoms with van der Waals surface area (Å²) >= 11 is 0. The molecule has 0 radical (unpaired) electrons. The lowest BCUT2D eigenvalue weighted by molar-refractivity contribution is 0.285. The number of hydrogen-bond acceptors (Lipinski definition) is 4. The number of nitrogens with one attached hydrogen (secondary N) is 1. The minimum absolute atomic E-state index is 0.00308. The van der Waals surface area contributed by atoms with Crippen LogP contribution in [0.15, 0.2) is 53.5 Å². The molecule has 3 heterocycles. The molecule has 3 aromatic rings. The zero-order chi connectivity index (χ0) is 19.2. The van der Waals surface area contributed by atoms with Crippen molar-refractivity contribution in [3.63, 3.8) is 0 Å². The fraction of sp³-hybridized carbons (Fsp3) is 0.455. The molecule has 1 fully saturated rings. The maximum atomic E-state index is 12.1. The Balaban J connectivity index is 1.20. The molecule has 2 aromatic heterocycles. The molecule has 1 aliphatic rings. The minimum atomic E-state index is 0.00308. The fourth-order valence-corrected chi connectivity index (χ4v) is 4.08. The number of aryl methyl sites for hydroxylation is 1. The van der Waals surface area contributed by atoms with Crippen LogP contribution < -0.4 is 10.6 Å². The van der Waals surface area contributed by atoms with Crippen molar-refractivity contribution < 1.29 is 0 Å². The van der Waals surface area contributed by atoms with Crippen molar-refractivity contribution in [1.29, 1.82) is 0 Å². The largest absolute Gasteiger partial charge is 0.355 e. The van der Waals surface area contributed by atoms with Gasteiger partial charge in [0, 0.05) is 32.4 Å². The highest BCUT2D eigenvalue weighted by atomic mass is 16.1. The first-order valence-electron chi connectivity index (χ1n) is 10.4. The number of aromatic nitrogens is 3. The van der Waals surface area contributed by atoms with Crippen molar-refractivity contribution in [3.8, 4) is 0 Å². The Morgan fingerprint density at radius 2 is 1.75 bits per heavy atom. The summed E-state index contributed by atoms with van der Waals surface area (Å²) in [5.74, 6) is 1.09. The number of nitrogens with zero attached hydrogens (tertiary/aromatic N) is 4. The van der Waals surface area contributed by atoms with Gasteiger partial charge in [-0.25, -0.2) is 9.78 Å². The Morgan fingerprint density at radius 3 is 2.64 bits per heavy atom. The van der Waals surface area contributed by atoms with Gasteiger partial charge in [-0.3, -0.25) is 4.57 Å². The molecular formula is C22H29N5O. The van der Waals surface area contributed by atoms with E-state index in [1.54, 1.807) is 0 Å². The number of benzene rings is 1.